The first-order chi connectivity index (χ1) is 8.86. The van der Waals surface area contributed by atoms with Crippen LogP contribution in [0.25, 0.3) is 0 Å². The summed E-state index contributed by atoms with van der Waals surface area (Å²) in [7, 11) is 3.47. The molecule has 2 N–H and O–H groups in total. The molecule has 19 heavy (non-hydrogen) atoms. The monoisotopic (exact) mass is 268 g/mol. The first-order valence-corrected chi connectivity index (χ1v) is 6.11. The van der Waals surface area contributed by atoms with Crippen LogP contribution < -0.4 is 5.32 Å². The summed E-state index contributed by atoms with van der Waals surface area (Å²) in [6.45, 7) is 4.30. The SMILES string of the molecule is CNC(=O)C(C)CN(C)C(C)c1ccc(C(=O)O)o1. The second-order valence-electron chi connectivity index (χ2n) is 4.64. The van der Waals surface area contributed by atoms with Crippen molar-refractivity contribution in [3.05, 3.63) is 23.7 Å². The lowest BCUT2D eigenvalue weighted by Gasteiger charge is -2.25. The van der Waals surface area contributed by atoms with Gasteiger partial charge in [-0.1, -0.05) is 6.92 Å². The van der Waals surface area contributed by atoms with Gasteiger partial charge >= 0.3 is 5.97 Å². The van der Waals surface area contributed by atoms with Crippen molar-refractivity contribution < 1.29 is 19.1 Å². The van der Waals surface area contributed by atoms with E-state index >= 15 is 0 Å². The maximum absolute atomic E-state index is 11.5. The molecule has 1 amide bonds. The Morgan fingerprint density at radius 1 is 1.42 bits per heavy atom. The Hall–Kier alpha value is -1.82. The number of aromatic carboxylic acids is 1. The van der Waals surface area contributed by atoms with Crippen LogP contribution in [-0.2, 0) is 4.79 Å². The number of rotatable bonds is 6. The Labute approximate surface area is 112 Å². The number of hydrogen-bond acceptors (Lipinski definition) is 4. The Balaban J connectivity index is 2.67. The topological polar surface area (TPSA) is 82.8 Å². The van der Waals surface area contributed by atoms with Crippen LogP contribution in [0.15, 0.2) is 16.5 Å². The van der Waals surface area contributed by atoms with Gasteiger partial charge in [0.05, 0.1) is 6.04 Å². The third kappa shape index (κ3) is 3.82. The van der Waals surface area contributed by atoms with E-state index in [1.54, 1.807) is 13.1 Å². The molecule has 106 valence electrons. The van der Waals surface area contributed by atoms with Crippen molar-refractivity contribution in [2.24, 2.45) is 5.92 Å². The van der Waals surface area contributed by atoms with E-state index in [1.165, 1.54) is 6.07 Å². The Kier molecular flexibility index (Phi) is 5.11. The normalized spacial score (nSPS) is 14.2. The van der Waals surface area contributed by atoms with Crippen LogP contribution in [-0.4, -0.2) is 42.5 Å². The molecule has 0 saturated heterocycles. The summed E-state index contributed by atoms with van der Waals surface area (Å²) in [5.41, 5.74) is 0. The third-order valence-corrected chi connectivity index (χ3v) is 3.17. The Bertz CT molecular complexity index is 455. The van der Waals surface area contributed by atoms with E-state index in [1.807, 2.05) is 25.8 Å². The molecule has 2 unspecified atom stereocenters. The van der Waals surface area contributed by atoms with Gasteiger partial charge in [0.15, 0.2) is 0 Å². The fourth-order valence-corrected chi connectivity index (χ4v) is 1.83. The predicted octanol–water partition coefficient (Wildman–Crippen LogP) is 1.35. The number of carbonyl (C=O) groups excluding carboxylic acids is 1. The van der Waals surface area contributed by atoms with E-state index in [2.05, 4.69) is 5.32 Å². The van der Waals surface area contributed by atoms with Crippen LogP contribution in [0.5, 0.6) is 0 Å². The fraction of sp³-hybridized carbons (Fsp3) is 0.538. The van der Waals surface area contributed by atoms with Gasteiger partial charge in [-0.05, 0) is 26.1 Å². The van der Waals surface area contributed by atoms with Gasteiger partial charge in [-0.15, -0.1) is 0 Å². The summed E-state index contributed by atoms with van der Waals surface area (Å²) in [6, 6.07) is 2.99. The summed E-state index contributed by atoms with van der Waals surface area (Å²) in [6.07, 6.45) is 0. The molecule has 6 heteroatoms. The van der Waals surface area contributed by atoms with Crippen molar-refractivity contribution in [3.8, 4) is 0 Å². The van der Waals surface area contributed by atoms with E-state index in [0.29, 0.717) is 12.3 Å². The Morgan fingerprint density at radius 3 is 2.53 bits per heavy atom. The maximum Gasteiger partial charge on any atom is 0.371 e. The molecule has 2 atom stereocenters. The van der Waals surface area contributed by atoms with Gasteiger partial charge in [-0.3, -0.25) is 9.69 Å². The molecular formula is C13H20N2O4. The summed E-state index contributed by atoms with van der Waals surface area (Å²) < 4.78 is 5.25. The second kappa shape index (κ2) is 6.38. The number of carbonyl (C=O) groups is 2. The number of amides is 1. The molecule has 0 bridgehead atoms. The van der Waals surface area contributed by atoms with Gasteiger partial charge in [-0.25, -0.2) is 4.79 Å². The van der Waals surface area contributed by atoms with Gasteiger partial charge < -0.3 is 14.8 Å². The highest BCUT2D eigenvalue weighted by molar-refractivity contribution is 5.84. The molecule has 0 saturated carbocycles. The molecule has 0 aliphatic rings. The Morgan fingerprint density at radius 2 is 2.05 bits per heavy atom. The standard InChI is InChI=1S/C13H20N2O4/c1-8(12(16)14-3)7-15(4)9(2)10-5-6-11(19-10)13(17)18/h5-6,8-9H,7H2,1-4H3,(H,14,16)(H,17,18). The minimum atomic E-state index is -1.08. The molecule has 1 heterocycles. The average Bonchev–Trinajstić information content (AvgIpc) is 2.86. The molecule has 0 spiro atoms. The van der Waals surface area contributed by atoms with E-state index in [-0.39, 0.29) is 23.6 Å². The molecule has 0 radical (unpaired) electrons. The molecule has 1 aromatic rings. The van der Waals surface area contributed by atoms with Gasteiger partial charge in [-0.2, -0.15) is 0 Å². The molecule has 0 aliphatic carbocycles. The first kappa shape index (κ1) is 15.2. The number of nitrogens with zero attached hydrogens (tertiary/aromatic N) is 1. The summed E-state index contributed by atoms with van der Waals surface area (Å²) in [5.74, 6) is -0.755. The molecule has 0 fully saturated rings. The van der Waals surface area contributed by atoms with Gasteiger partial charge in [0.2, 0.25) is 11.7 Å². The zero-order valence-electron chi connectivity index (χ0n) is 11.6. The van der Waals surface area contributed by atoms with Crippen LogP contribution in [0.2, 0.25) is 0 Å². The van der Waals surface area contributed by atoms with E-state index < -0.39 is 5.97 Å². The number of carboxylic acids is 1. The van der Waals surface area contributed by atoms with Gasteiger partial charge in [0.1, 0.15) is 5.76 Å². The zero-order chi connectivity index (χ0) is 14.6. The lowest BCUT2D eigenvalue weighted by Crippen LogP contribution is -2.35. The highest BCUT2D eigenvalue weighted by atomic mass is 16.4. The van der Waals surface area contributed by atoms with Crippen LogP contribution in [0.1, 0.15) is 36.2 Å². The van der Waals surface area contributed by atoms with E-state index in [4.69, 9.17) is 9.52 Å². The number of hydrogen-bond donors (Lipinski definition) is 2. The summed E-state index contributed by atoms with van der Waals surface area (Å²) >= 11 is 0. The molecule has 1 rings (SSSR count). The molecular weight excluding hydrogens is 248 g/mol. The number of nitrogens with one attached hydrogen (secondary N) is 1. The zero-order valence-corrected chi connectivity index (χ0v) is 11.6. The van der Waals surface area contributed by atoms with Crippen molar-refractivity contribution in [2.45, 2.75) is 19.9 Å². The summed E-state index contributed by atoms with van der Waals surface area (Å²) in [5, 5.41) is 11.4. The van der Waals surface area contributed by atoms with Gasteiger partial charge in [0, 0.05) is 19.5 Å². The van der Waals surface area contributed by atoms with Crippen molar-refractivity contribution >= 4 is 11.9 Å². The lowest BCUT2D eigenvalue weighted by atomic mass is 10.1. The molecule has 0 aromatic carbocycles. The second-order valence-corrected chi connectivity index (χ2v) is 4.64. The highest BCUT2D eigenvalue weighted by Crippen LogP contribution is 2.22. The van der Waals surface area contributed by atoms with Crippen LogP contribution in [0, 0.1) is 5.92 Å². The number of carboxylic acid groups (broad SMARTS) is 1. The van der Waals surface area contributed by atoms with E-state index in [0.717, 1.165) is 0 Å². The summed E-state index contributed by atoms with van der Waals surface area (Å²) in [4.78, 5) is 24.2. The molecule has 6 nitrogen and oxygen atoms in total. The maximum atomic E-state index is 11.5. The van der Waals surface area contributed by atoms with Crippen molar-refractivity contribution in [2.75, 3.05) is 20.6 Å². The third-order valence-electron chi connectivity index (χ3n) is 3.17. The van der Waals surface area contributed by atoms with Gasteiger partial charge in [0.25, 0.3) is 0 Å². The molecule has 0 aliphatic heterocycles. The van der Waals surface area contributed by atoms with Crippen LogP contribution in [0.3, 0.4) is 0 Å². The first-order valence-electron chi connectivity index (χ1n) is 6.11. The smallest absolute Gasteiger partial charge is 0.371 e. The molecule has 1 aromatic heterocycles. The minimum absolute atomic E-state index is 0.0234. The fourth-order valence-electron chi connectivity index (χ4n) is 1.83. The number of furan rings is 1. The average molecular weight is 268 g/mol. The van der Waals surface area contributed by atoms with Crippen LogP contribution in [0.4, 0.5) is 0 Å². The predicted molar refractivity (Wildman–Crippen MR) is 69.9 cm³/mol. The van der Waals surface area contributed by atoms with Crippen molar-refractivity contribution in [1.29, 1.82) is 0 Å². The van der Waals surface area contributed by atoms with Crippen LogP contribution >= 0.6 is 0 Å². The van der Waals surface area contributed by atoms with E-state index in [9.17, 15) is 9.59 Å². The van der Waals surface area contributed by atoms with Crippen molar-refractivity contribution in [1.82, 2.24) is 10.2 Å². The lowest BCUT2D eigenvalue weighted by molar-refractivity contribution is -0.124. The quantitative estimate of drug-likeness (QED) is 0.813. The largest absolute Gasteiger partial charge is 0.475 e. The minimum Gasteiger partial charge on any atom is -0.475 e. The highest BCUT2D eigenvalue weighted by Gasteiger charge is 2.21. The van der Waals surface area contributed by atoms with Crippen molar-refractivity contribution in [3.63, 3.8) is 0 Å².